The van der Waals surface area contributed by atoms with Crippen LogP contribution in [0.3, 0.4) is 0 Å². The summed E-state index contributed by atoms with van der Waals surface area (Å²) in [6.45, 7) is 2.37. The fourth-order valence-electron chi connectivity index (χ4n) is 5.39. The van der Waals surface area contributed by atoms with Crippen LogP contribution in [-0.2, 0) is 22.6 Å². The lowest BCUT2D eigenvalue weighted by molar-refractivity contribution is -0.170. The van der Waals surface area contributed by atoms with Crippen molar-refractivity contribution in [2.45, 2.75) is 38.0 Å². The molecule has 5 nitrogen and oxygen atoms in total. The summed E-state index contributed by atoms with van der Waals surface area (Å²) >= 11 is 0. The Bertz CT molecular complexity index is 1330. The van der Waals surface area contributed by atoms with Gasteiger partial charge in [0.15, 0.2) is 0 Å². The minimum absolute atomic E-state index is 0.0309. The van der Waals surface area contributed by atoms with Crippen LogP contribution < -0.4 is 9.80 Å². The van der Waals surface area contributed by atoms with Crippen LogP contribution in [0.25, 0.3) is 6.08 Å². The lowest BCUT2D eigenvalue weighted by Crippen LogP contribution is -2.47. The molecule has 0 N–H and O–H groups in total. The van der Waals surface area contributed by atoms with Gasteiger partial charge in [-0.05, 0) is 54.2 Å². The quantitative estimate of drug-likeness (QED) is 0.374. The molecule has 3 aromatic carbocycles. The number of amides is 2. The average Bonchev–Trinajstić information content (AvgIpc) is 3.36. The van der Waals surface area contributed by atoms with Crippen molar-refractivity contribution in [3.63, 3.8) is 0 Å². The van der Waals surface area contributed by atoms with E-state index in [1.165, 1.54) is 11.6 Å². The number of halogens is 3. The van der Waals surface area contributed by atoms with Crippen LogP contribution in [-0.4, -0.2) is 48.6 Å². The first-order chi connectivity index (χ1) is 18.8. The molecule has 1 fully saturated rings. The fourth-order valence-corrected chi connectivity index (χ4v) is 5.39. The van der Waals surface area contributed by atoms with E-state index >= 15 is 0 Å². The van der Waals surface area contributed by atoms with Crippen molar-refractivity contribution in [3.8, 4) is 0 Å². The third-order valence-electron chi connectivity index (χ3n) is 7.36. The van der Waals surface area contributed by atoms with Gasteiger partial charge < -0.3 is 9.80 Å². The molecule has 0 bridgehead atoms. The Balaban J connectivity index is 1.40. The number of hydrogen-bond acceptors (Lipinski definition) is 3. The molecule has 0 saturated carbocycles. The minimum Gasteiger partial charge on any atom is -0.306 e. The monoisotopic (exact) mass is 533 g/mol. The van der Waals surface area contributed by atoms with Crippen molar-refractivity contribution >= 4 is 29.3 Å². The van der Waals surface area contributed by atoms with Crippen molar-refractivity contribution in [2.75, 3.05) is 29.4 Å². The van der Waals surface area contributed by atoms with Gasteiger partial charge in [0.2, 0.25) is 0 Å². The molecule has 3 aromatic rings. The molecule has 8 heteroatoms. The number of fused-ring (bicyclic) bond motifs is 1. The number of anilines is 2. The summed E-state index contributed by atoms with van der Waals surface area (Å²) in [6, 6.07) is 24.6. The van der Waals surface area contributed by atoms with Crippen LogP contribution >= 0.6 is 0 Å². The molecule has 2 aliphatic rings. The van der Waals surface area contributed by atoms with E-state index < -0.39 is 12.1 Å². The van der Waals surface area contributed by atoms with Crippen LogP contribution in [0, 0.1) is 0 Å². The van der Waals surface area contributed by atoms with Crippen molar-refractivity contribution in [3.05, 3.63) is 102 Å². The highest BCUT2D eigenvalue weighted by atomic mass is 19.4. The number of carbonyl (C=O) groups excluding carboxylic acids is 2. The maximum atomic E-state index is 13.6. The van der Waals surface area contributed by atoms with E-state index in [4.69, 9.17) is 0 Å². The molecular weight excluding hydrogens is 503 g/mol. The Morgan fingerprint density at radius 1 is 0.897 bits per heavy atom. The summed E-state index contributed by atoms with van der Waals surface area (Å²) in [6.07, 6.45) is 0.0820. The summed E-state index contributed by atoms with van der Waals surface area (Å²) in [5.41, 5.74) is 3.49. The van der Waals surface area contributed by atoms with Crippen LogP contribution in [0.4, 0.5) is 24.5 Å². The predicted molar refractivity (Wildman–Crippen MR) is 146 cm³/mol. The van der Waals surface area contributed by atoms with Crippen molar-refractivity contribution in [1.82, 2.24) is 4.90 Å². The number of benzene rings is 3. The van der Waals surface area contributed by atoms with Gasteiger partial charge in [-0.3, -0.25) is 14.5 Å². The second kappa shape index (κ2) is 11.5. The molecule has 0 aromatic heterocycles. The standard InChI is InChI=1S/C31H30F3N3O2/c32-31(33,34)30(39)36-20-15-25-12-13-27(21-28(25)36)37(29(38)14-11-23-7-3-1-4-8-23)26-16-18-35(19-17-26)22-24-9-5-2-6-10-24/h1-14,21,26H,15-20,22H2/b14-11+. The van der Waals surface area contributed by atoms with Gasteiger partial charge in [-0.2, -0.15) is 13.2 Å². The number of likely N-dealkylation sites (tertiary alicyclic amines) is 1. The summed E-state index contributed by atoms with van der Waals surface area (Å²) < 4.78 is 39.8. The molecule has 0 unspecified atom stereocenters. The van der Waals surface area contributed by atoms with Crippen molar-refractivity contribution in [1.29, 1.82) is 0 Å². The highest BCUT2D eigenvalue weighted by Gasteiger charge is 2.45. The summed E-state index contributed by atoms with van der Waals surface area (Å²) in [4.78, 5) is 30.5. The van der Waals surface area contributed by atoms with E-state index in [9.17, 15) is 22.8 Å². The predicted octanol–water partition coefficient (Wildman–Crippen LogP) is 5.85. The molecule has 0 radical (unpaired) electrons. The van der Waals surface area contributed by atoms with Gasteiger partial charge in [-0.1, -0.05) is 66.7 Å². The second-order valence-corrected chi connectivity index (χ2v) is 9.96. The lowest BCUT2D eigenvalue weighted by atomic mass is 10.0. The Labute approximate surface area is 226 Å². The Hall–Kier alpha value is -3.91. The molecular formula is C31H30F3N3O2. The SMILES string of the molecule is O=C(/C=C/c1ccccc1)N(c1ccc2c(c1)N(C(=O)C(F)(F)F)CC2)C1CCN(Cc2ccccc2)CC1. The van der Waals surface area contributed by atoms with Crippen molar-refractivity contribution < 1.29 is 22.8 Å². The summed E-state index contributed by atoms with van der Waals surface area (Å²) in [7, 11) is 0. The average molecular weight is 534 g/mol. The molecule has 2 aliphatic heterocycles. The van der Waals surface area contributed by atoms with E-state index in [0.29, 0.717) is 17.7 Å². The highest BCUT2D eigenvalue weighted by Crippen LogP contribution is 2.36. The summed E-state index contributed by atoms with van der Waals surface area (Å²) in [5.74, 6) is -2.12. The Morgan fingerprint density at radius 2 is 1.56 bits per heavy atom. The molecule has 2 amide bonds. The Kier molecular flexibility index (Phi) is 7.84. The third-order valence-corrected chi connectivity index (χ3v) is 7.36. The topological polar surface area (TPSA) is 43.9 Å². The zero-order valence-electron chi connectivity index (χ0n) is 21.5. The van der Waals surface area contributed by atoms with Gasteiger partial charge in [0.05, 0.1) is 0 Å². The summed E-state index contributed by atoms with van der Waals surface area (Å²) in [5, 5.41) is 0. The maximum Gasteiger partial charge on any atom is 0.471 e. The zero-order chi connectivity index (χ0) is 27.4. The number of nitrogens with zero attached hydrogens (tertiary/aromatic N) is 3. The smallest absolute Gasteiger partial charge is 0.306 e. The van der Waals surface area contributed by atoms with Gasteiger partial charge in [0, 0.05) is 49.7 Å². The van der Waals surface area contributed by atoms with Crippen LogP contribution in [0.2, 0.25) is 0 Å². The Morgan fingerprint density at radius 3 is 2.23 bits per heavy atom. The van der Waals surface area contributed by atoms with E-state index in [-0.39, 0.29) is 24.2 Å². The van der Waals surface area contributed by atoms with Gasteiger partial charge in [0.25, 0.3) is 5.91 Å². The number of carbonyl (C=O) groups is 2. The molecule has 39 heavy (non-hydrogen) atoms. The molecule has 2 heterocycles. The molecule has 0 spiro atoms. The lowest BCUT2D eigenvalue weighted by Gasteiger charge is -2.38. The van der Waals surface area contributed by atoms with E-state index in [1.807, 2.05) is 48.5 Å². The van der Waals surface area contributed by atoms with Gasteiger partial charge >= 0.3 is 12.1 Å². The molecule has 1 saturated heterocycles. The van der Waals surface area contributed by atoms with E-state index in [2.05, 4.69) is 17.0 Å². The maximum absolute atomic E-state index is 13.6. The fraction of sp³-hybridized carbons (Fsp3) is 0.290. The van der Waals surface area contributed by atoms with Gasteiger partial charge in [-0.15, -0.1) is 0 Å². The number of alkyl halides is 3. The molecule has 0 atom stereocenters. The third kappa shape index (κ3) is 6.23. The number of piperidine rings is 1. The van der Waals surface area contributed by atoms with Crippen LogP contribution in [0.5, 0.6) is 0 Å². The zero-order valence-corrected chi connectivity index (χ0v) is 21.5. The number of hydrogen-bond donors (Lipinski definition) is 0. The largest absolute Gasteiger partial charge is 0.471 e. The van der Waals surface area contributed by atoms with E-state index in [1.54, 1.807) is 29.2 Å². The van der Waals surface area contributed by atoms with E-state index in [0.717, 1.165) is 42.9 Å². The van der Waals surface area contributed by atoms with Crippen LogP contribution in [0.1, 0.15) is 29.5 Å². The van der Waals surface area contributed by atoms with Crippen LogP contribution in [0.15, 0.2) is 84.9 Å². The molecule has 0 aliphatic carbocycles. The normalized spacial score (nSPS) is 16.4. The molecule has 202 valence electrons. The first-order valence-corrected chi connectivity index (χ1v) is 13.1. The highest BCUT2D eigenvalue weighted by molar-refractivity contribution is 6.05. The first kappa shape index (κ1) is 26.7. The van der Waals surface area contributed by atoms with Crippen molar-refractivity contribution in [2.24, 2.45) is 0 Å². The molecule has 5 rings (SSSR count). The first-order valence-electron chi connectivity index (χ1n) is 13.1. The number of rotatable bonds is 6. The van der Waals surface area contributed by atoms with Gasteiger partial charge in [-0.25, -0.2) is 0 Å². The second-order valence-electron chi connectivity index (χ2n) is 9.96. The van der Waals surface area contributed by atoms with Gasteiger partial charge in [0.1, 0.15) is 0 Å². The minimum atomic E-state index is -4.96.